The summed E-state index contributed by atoms with van der Waals surface area (Å²) in [6.07, 6.45) is 0. The van der Waals surface area contributed by atoms with Crippen LogP contribution < -0.4 is 9.62 Å². The highest BCUT2D eigenvalue weighted by Crippen LogP contribution is 2.17. The highest BCUT2D eigenvalue weighted by molar-refractivity contribution is 7.74. The molecule has 1 aromatic carbocycles. The van der Waals surface area contributed by atoms with E-state index in [0.29, 0.717) is 5.69 Å². The van der Waals surface area contributed by atoms with Crippen LogP contribution in [0.1, 0.15) is 0 Å². The smallest absolute Gasteiger partial charge is 0.224 e. The number of hydrogen-bond acceptors (Lipinski definition) is 3. The van der Waals surface area contributed by atoms with Gasteiger partial charge in [-0.3, -0.25) is 4.31 Å². The van der Waals surface area contributed by atoms with E-state index < -0.39 is 10.9 Å². The van der Waals surface area contributed by atoms with Gasteiger partial charge in [0.05, 0.1) is 5.69 Å². The summed E-state index contributed by atoms with van der Waals surface area (Å²) in [5.41, 5.74) is 1.39. The molecule has 1 aromatic rings. The highest BCUT2D eigenvalue weighted by Gasteiger charge is 2.01. The van der Waals surface area contributed by atoms with Gasteiger partial charge < -0.3 is 5.32 Å². The van der Waals surface area contributed by atoms with Gasteiger partial charge in [0, 0.05) is 19.8 Å². The van der Waals surface area contributed by atoms with E-state index in [-0.39, 0.29) is 0 Å². The average molecular weight is 199 g/mol. The van der Waals surface area contributed by atoms with Crippen LogP contribution in [-0.2, 0) is 10.9 Å². The third-order valence-corrected chi connectivity index (χ3v) is 2.39. The number of benzene rings is 1. The molecule has 0 saturated heterocycles. The van der Waals surface area contributed by atoms with Gasteiger partial charge in [-0.25, -0.2) is 8.42 Å². The van der Waals surface area contributed by atoms with Gasteiger partial charge in [-0.15, -0.1) is 0 Å². The Bertz CT molecular complexity index is 355. The molecule has 1 radical (unpaired) electrons. The summed E-state index contributed by atoms with van der Waals surface area (Å²) < 4.78 is 22.4. The van der Waals surface area contributed by atoms with Crippen molar-refractivity contribution in [2.24, 2.45) is 0 Å². The van der Waals surface area contributed by atoms with Crippen LogP contribution in [0.3, 0.4) is 0 Å². The molecule has 0 amide bonds. The Morgan fingerprint density at radius 3 is 2.69 bits per heavy atom. The van der Waals surface area contributed by atoms with Gasteiger partial charge in [-0.2, -0.15) is 0 Å². The lowest BCUT2D eigenvalue weighted by atomic mass is 10.3. The zero-order chi connectivity index (χ0) is 9.84. The molecule has 0 fully saturated rings. The van der Waals surface area contributed by atoms with Crippen molar-refractivity contribution in [1.29, 1.82) is 0 Å². The largest absolute Gasteiger partial charge is 0.383 e. The Balaban J connectivity index is 3.01. The first-order valence-corrected chi connectivity index (χ1v) is 4.79. The van der Waals surface area contributed by atoms with Crippen LogP contribution in [-0.4, -0.2) is 15.5 Å². The first-order chi connectivity index (χ1) is 6.15. The number of nitrogens with one attached hydrogen (secondary N) is 1. The number of thiol groups is 1. The van der Waals surface area contributed by atoms with Crippen LogP contribution in [0.2, 0.25) is 0 Å². The van der Waals surface area contributed by atoms with E-state index in [1.165, 1.54) is 11.4 Å². The molecule has 0 aliphatic rings. The van der Waals surface area contributed by atoms with Crippen molar-refractivity contribution in [2.45, 2.75) is 0 Å². The van der Waals surface area contributed by atoms with Crippen LogP contribution >= 0.6 is 0 Å². The normalized spacial score (nSPS) is 10.1. The van der Waals surface area contributed by atoms with Crippen LogP contribution in [0.5, 0.6) is 0 Å². The van der Waals surface area contributed by atoms with E-state index >= 15 is 0 Å². The third kappa shape index (κ3) is 2.35. The van der Waals surface area contributed by atoms with E-state index in [1.807, 2.05) is 6.07 Å². The SMILES string of the molecule is [CH2]Nc1cccc(N(C)[SH](=O)=O)c1. The van der Waals surface area contributed by atoms with Crippen LogP contribution in [0.15, 0.2) is 24.3 Å². The molecule has 13 heavy (non-hydrogen) atoms. The number of rotatable bonds is 3. The van der Waals surface area contributed by atoms with E-state index in [0.717, 1.165) is 5.69 Å². The summed E-state index contributed by atoms with van der Waals surface area (Å²) in [4.78, 5) is 0. The summed E-state index contributed by atoms with van der Waals surface area (Å²) in [5, 5.41) is 2.69. The number of hydrogen-bond donors (Lipinski definition) is 2. The molecular weight excluding hydrogens is 188 g/mol. The Hall–Kier alpha value is -1.23. The fraction of sp³-hybridized carbons (Fsp3) is 0.125. The van der Waals surface area contributed by atoms with E-state index in [2.05, 4.69) is 12.4 Å². The molecule has 1 N–H and O–H groups in total. The molecule has 0 heterocycles. The third-order valence-electron chi connectivity index (χ3n) is 1.67. The molecule has 0 unspecified atom stereocenters. The van der Waals surface area contributed by atoms with Crippen molar-refractivity contribution in [3.05, 3.63) is 31.3 Å². The van der Waals surface area contributed by atoms with Crippen LogP contribution in [0, 0.1) is 7.05 Å². The lowest BCUT2D eigenvalue weighted by Gasteiger charge is -2.11. The Morgan fingerprint density at radius 2 is 2.15 bits per heavy atom. The van der Waals surface area contributed by atoms with Crippen molar-refractivity contribution in [3.8, 4) is 0 Å². The van der Waals surface area contributed by atoms with Crippen molar-refractivity contribution in [3.63, 3.8) is 0 Å². The molecule has 0 aliphatic carbocycles. The van der Waals surface area contributed by atoms with Crippen LogP contribution in [0.4, 0.5) is 11.4 Å². The minimum Gasteiger partial charge on any atom is -0.383 e. The summed E-state index contributed by atoms with van der Waals surface area (Å²) in [6, 6.07) is 6.99. The topological polar surface area (TPSA) is 49.4 Å². The van der Waals surface area contributed by atoms with Crippen molar-refractivity contribution < 1.29 is 8.42 Å². The van der Waals surface area contributed by atoms with E-state index in [9.17, 15) is 8.42 Å². The van der Waals surface area contributed by atoms with Gasteiger partial charge >= 0.3 is 0 Å². The predicted molar refractivity (Wildman–Crippen MR) is 54.1 cm³/mol. The molecule has 0 spiro atoms. The quantitative estimate of drug-likeness (QED) is 0.710. The fourth-order valence-electron chi connectivity index (χ4n) is 0.911. The highest BCUT2D eigenvalue weighted by atomic mass is 32.2. The molecule has 4 nitrogen and oxygen atoms in total. The molecule has 0 aromatic heterocycles. The van der Waals surface area contributed by atoms with Gasteiger partial charge in [0.15, 0.2) is 0 Å². The Labute approximate surface area is 79.3 Å². The first kappa shape index (κ1) is 9.85. The number of anilines is 2. The molecule has 0 saturated carbocycles. The maximum absolute atomic E-state index is 10.6. The standard InChI is InChI=1S/C8H11N2O2S/c1-9-7-4-3-5-8(6-7)10(2)13(11)12/h3-6,9,13H,1H2,2H3. The second-order valence-corrected chi connectivity index (χ2v) is 3.56. The van der Waals surface area contributed by atoms with Crippen LogP contribution in [0.25, 0.3) is 0 Å². The second-order valence-electron chi connectivity index (χ2n) is 2.49. The summed E-state index contributed by atoms with van der Waals surface area (Å²) in [6.45, 7) is 0. The minimum absolute atomic E-state index is 0.616. The molecule has 5 heteroatoms. The maximum atomic E-state index is 10.6. The van der Waals surface area contributed by atoms with Gasteiger partial charge in [-0.1, -0.05) is 6.07 Å². The minimum atomic E-state index is -2.57. The zero-order valence-electron chi connectivity index (χ0n) is 7.23. The maximum Gasteiger partial charge on any atom is 0.224 e. The van der Waals surface area contributed by atoms with Gasteiger partial charge in [0.1, 0.15) is 0 Å². The Morgan fingerprint density at radius 1 is 1.46 bits per heavy atom. The molecule has 0 aliphatic heterocycles. The molecule has 71 valence electrons. The predicted octanol–water partition coefficient (Wildman–Crippen LogP) is 0.853. The summed E-state index contributed by atoms with van der Waals surface area (Å²) in [5.74, 6) is 0. The Kier molecular flexibility index (Phi) is 3.13. The lowest BCUT2D eigenvalue weighted by Crippen LogP contribution is -2.13. The summed E-state index contributed by atoms with van der Waals surface area (Å²) >= 11 is 0. The van der Waals surface area contributed by atoms with E-state index in [4.69, 9.17) is 0 Å². The molecule has 1 rings (SSSR count). The lowest BCUT2D eigenvalue weighted by molar-refractivity contribution is 0.613. The van der Waals surface area contributed by atoms with Crippen molar-refractivity contribution in [2.75, 3.05) is 16.7 Å². The number of nitrogens with zero attached hydrogens (tertiary/aromatic N) is 1. The summed E-state index contributed by atoms with van der Waals surface area (Å²) in [7, 11) is 2.41. The first-order valence-electron chi connectivity index (χ1n) is 3.66. The molecule has 0 atom stereocenters. The van der Waals surface area contributed by atoms with E-state index in [1.54, 1.807) is 18.2 Å². The van der Waals surface area contributed by atoms with Gasteiger partial charge in [0.25, 0.3) is 0 Å². The second kappa shape index (κ2) is 4.13. The van der Waals surface area contributed by atoms with Crippen molar-refractivity contribution >= 4 is 22.3 Å². The fourth-order valence-corrected chi connectivity index (χ4v) is 1.22. The average Bonchev–Trinajstić information content (AvgIpc) is 2.16. The van der Waals surface area contributed by atoms with Gasteiger partial charge in [-0.05, 0) is 18.2 Å². The molecular formula is C8H11N2O2S. The van der Waals surface area contributed by atoms with Gasteiger partial charge in [0.2, 0.25) is 10.9 Å². The van der Waals surface area contributed by atoms with Crippen molar-refractivity contribution in [1.82, 2.24) is 0 Å². The molecule has 0 bridgehead atoms. The monoisotopic (exact) mass is 199 g/mol. The zero-order valence-corrected chi connectivity index (χ0v) is 8.12.